The van der Waals surface area contributed by atoms with Gasteiger partial charge in [0.05, 0.1) is 17.8 Å². The smallest absolute Gasteiger partial charge is 0.0883 e. The monoisotopic (exact) mass is 186 g/mol. The second-order valence-corrected chi connectivity index (χ2v) is 5.21. The fraction of sp³-hybridized carbons (Fsp3) is 1.00. The molecule has 0 bridgehead atoms. The molecule has 0 radical (unpaired) electrons. The van der Waals surface area contributed by atoms with Crippen LogP contribution in [0.1, 0.15) is 41.0 Å². The van der Waals surface area contributed by atoms with Gasteiger partial charge in [0.2, 0.25) is 0 Å². The average Bonchev–Trinajstić information content (AvgIpc) is 2.58. The van der Waals surface area contributed by atoms with Crippen LogP contribution in [-0.2, 0) is 4.74 Å². The summed E-state index contributed by atoms with van der Waals surface area (Å²) in [7, 11) is 0. The zero-order valence-electron chi connectivity index (χ0n) is 9.37. The molecule has 1 fully saturated rings. The molecule has 0 aromatic heterocycles. The lowest BCUT2D eigenvalue weighted by atomic mass is 9.92. The van der Waals surface area contributed by atoms with E-state index in [0.717, 1.165) is 6.42 Å². The predicted molar refractivity (Wildman–Crippen MR) is 53.6 cm³/mol. The maximum atomic E-state index is 9.89. The van der Waals surface area contributed by atoms with E-state index in [1.807, 2.05) is 13.8 Å². The van der Waals surface area contributed by atoms with Crippen LogP contribution in [0.2, 0.25) is 0 Å². The zero-order valence-corrected chi connectivity index (χ0v) is 9.37. The Balaban J connectivity index is 2.48. The summed E-state index contributed by atoms with van der Waals surface area (Å²) in [5.41, 5.74) is -0.726. The van der Waals surface area contributed by atoms with Gasteiger partial charge in [-0.3, -0.25) is 0 Å². The number of hydrogen-bond acceptors (Lipinski definition) is 2. The highest BCUT2D eigenvalue weighted by Gasteiger charge is 2.40. The van der Waals surface area contributed by atoms with E-state index in [2.05, 4.69) is 20.8 Å². The SMILES string of the molecule is CC(C)C(OC1CC1C)C(C)(C)O. The number of ether oxygens (including phenoxy) is 1. The van der Waals surface area contributed by atoms with Crippen LogP contribution < -0.4 is 0 Å². The standard InChI is InChI=1S/C11H22O2/c1-7(2)10(11(4,5)12)13-9-6-8(9)3/h7-10,12H,6H2,1-5H3. The van der Waals surface area contributed by atoms with Crippen molar-refractivity contribution < 1.29 is 9.84 Å². The molecule has 2 heteroatoms. The minimum absolute atomic E-state index is 0.0394. The third-order valence-corrected chi connectivity index (χ3v) is 2.66. The van der Waals surface area contributed by atoms with Crippen molar-refractivity contribution in [2.45, 2.75) is 58.8 Å². The second kappa shape index (κ2) is 3.58. The van der Waals surface area contributed by atoms with Gasteiger partial charge in [-0.1, -0.05) is 20.8 Å². The molecule has 0 spiro atoms. The first-order chi connectivity index (χ1) is 5.82. The van der Waals surface area contributed by atoms with Crippen molar-refractivity contribution in [3.05, 3.63) is 0 Å². The third-order valence-electron chi connectivity index (χ3n) is 2.66. The largest absolute Gasteiger partial charge is 0.388 e. The minimum atomic E-state index is -0.726. The van der Waals surface area contributed by atoms with Crippen molar-refractivity contribution in [1.82, 2.24) is 0 Å². The molecule has 2 nitrogen and oxygen atoms in total. The van der Waals surface area contributed by atoms with Crippen molar-refractivity contribution >= 4 is 0 Å². The van der Waals surface area contributed by atoms with Gasteiger partial charge in [0, 0.05) is 0 Å². The van der Waals surface area contributed by atoms with Gasteiger partial charge in [0.1, 0.15) is 0 Å². The molecule has 13 heavy (non-hydrogen) atoms. The number of aliphatic hydroxyl groups is 1. The first-order valence-electron chi connectivity index (χ1n) is 5.20. The molecule has 0 aliphatic heterocycles. The Hall–Kier alpha value is -0.0800. The summed E-state index contributed by atoms with van der Waals surface area (Å²) >= 11 is 0. The molecule has 0 saturated heterocycles. The molecule has 78 valence electrons. The molecule has 3 unspecified atom stereocenters. The molecule has 0 heterocycles. The minimum Gasteiger partial charge on any atom is -0.388 e. The summed E-state index contributed by atoms with van der Waals surface area (Å²) in [6.07, 6.45) is 1.50. The summed E-state index contributed by atoms with van der Waals surface area (Å²) in [5, 5.41) is 9.89. The van der Waals surface area contributed by atoms with Gasteiger partial charge < -0.3 is 9.84 Å². The van der Waals surface area contributed by atoms with Crippen molar-refractivity contribution in [2.24, 2.45) is 11.8 Å². The third kappa shape index (κ3) is 2.96. The van der Waals surface area contributed by atoms with Gasteiger partial charge in [0.15, 0.2) is 0 Å². The summed E-state index contributed by atoms with van der Waals surface area (Å²) in [6, 6.07) is 0. The molecule has 0 aromatic carbocycles. The van der Waals surface area contributed by atoms with Gasteiger partial charge in [-0.25, -0.2) is 0 Å². The van der Waals surface area contributed by atoms with E-state index < -0.39 is 5.60 Å². The van der Waals surface area contributed by atoms with Gasteiger partial charge in [-0.2, -0.15) is 0 Å². The Morgan fingerprint density at radius 1 is 1.38 bits per heavy atom. The summed E-state index contributed by atoms with van der Waals surface area (Å²) in [5.74, 6) is 1.05. The van der Waals surface area contributed by atoms with Crippen molar-refractivity contribution in [1.29, 1.82) is 0 Å². The second-order valence-electron chi connectivity index (χ2n) is 5.21. The Kier molecular flexibility index (Phi) is 3.03. The van der Waals surface area contributed by atoms with E-state index in [1.54, 1.807) is 0 Å². The van der Waals surface area contributed by atoms with E-state index in [1.165, 1.54) is 0 Å². The molecule has 1 N–H and O–H groups in total. The van der Waals surface area contributed by atoms with Crippen LogP contribution in [0.3, 0.4) is 0 Å². The summed E-state index contributed by atoms with van der Waals surface area (Å²) < 4.78 is 5.85. The average molecular weight is 186 g/mol. The highest BCUT2D eigenvalue weighted by Crippen LogP contribution is 2.36. The lowest BCUT2D eigenvalue weighted by molar-refractivity contribution is -0.118. The number of hydrogen-bond donors (Lipinski definition) is 1. The Morgan fingerprint density at radius 3 is 2.08 bits per heavy atom. The van der Waals surface area contributed by atoms with E-state index >= 15 is 0 Å². The maximum absolute atomic E-state index is 9.89. The van der Waals surface area contributed by atoms with E-state index in [4.69, 9.17) is 4.74 Å². The highest BCUT2D eigenvalue weighted by atomic mass is 16.5. The van der Waals surface area contributed by atoms with Gasteiger partial charge in [-0.15, -0.1) is 0 Å². The van der Waals surface area contributed by atoms with Crippen LogP contribution in [0.4, 0.5) is 0 Å². The molecule has 1 aliphatic rings. The predicted octanol–water partition coefficient (Wildman–Crippen LogP) is 2.21. The molecule has 0 amide bonds. The lowest BCUT2D eigenvalue weighted by Gasteiger charge is -2.32. The Morgan fingerprint density at radius 2 is 1.85 bits per heavy atom. The van der Waals surface area contributed by atoms with E-state index in [-0.39, 0.29) is 6.10 Å². The Bertz CT molecular complexity index is 169. The van der Waals surface area contributed by atoms with Crippen LogP contribution in [0, 0.1) is 11.8 Å². The highest BCUT2D eigenvalue weighted by molar-refractivity contribution is 4.89. The number of rotatable bonds is 4. The summed E-state index contributed by atoms with van der Waals surface area (Å²) in [4.78, 5) is 0. The van der Waals surface area contributed by atoms with Crippen molar-refractivity contribution in [3.8, 4) is 0 Å². The van der Waals surface area contributed by atoms with Crippen molar-refractivity contribution in [2.75, 3.05) is 0 Å². The summed E-state index contributed by atoms with van der Waals surface area (Å²) in [6.45, 7) is 10.0. The topological polar surface area (TPSA) is 29.5 Å². The van der Waals surface area contributed by atoms with Gasteiger partial charge in [0.25, 0.3) is 0 Å². The maximum Gasteiger partial charge on any atom is 0.0883 e. The van der Waals surface area contributed by atoms with E-state index in [0.29, 0.717) is 17.9 Å². The van der Waals surface area contributed by atoms with E-state index in [9.17, 15) is 5.11 Å². The normalized spacial score (nSPS) is 30.7. The molecule has 1 aliphatic carbocycles. The molecular weight excluding hydrogens is 164 g/mol. The van der Waals surface area contributed by atoms with Gasteiger partial charge >= 0.3 is 0 Å². The molecule has 3 atom stereocenters. The quantitative estimate of drug-likeness (QED) is 0.729. The Labute approximate surface area is 81.3 Å². The van der Waals surface area contributed by atoms with Crippen LogP contribution in [0.25, 0.3) is 0 Å². The first-order valence-corrected chi connectivity index (χ1v) is 5.20. The fourth-order valence-electron chi connectivity index (χ4n) is 1.81. The molecule has 1 saturated carbocycles. The first kappa shape index (κ1) is 11.0. The van der Waals surface area contributed by atoms with Crippen LogP contribution >= 0.6 is 0 Å². The van der Waals surface area contributed by atoms with Crippen LogP contribution in [0.15, 0.2) is 0 Å². The lowest BCUT2D eigenvalue weighted by Crippen LogP contribution is -2.42. The van der Waals surface area contributed by atoms with Crippen molar-refractivity contribution in [3.63, 3.8) is 0 Å². The molecule has 0 aromatic rings. The molecular formula is C11H22O2. The van der Waals surface area contributed by atoms with Crippen LogP contribution in [0.5, 0.6) is 0 Å². The fourth-order valence-corrected chi connectivity index (χ4v) is 1.81. The zero-order chi connectivity index (χ0) is 10.2. The molecule has 1 rings (SSSR count). The van der Waals surface area contributed by atoms with Gasteiger partial charge in [-0.05, 0) is 32.1 Å². The van der Waals surface area contributed by atoms with Crippen LogP contribution in [-0.4, -0.2) is 22.9 Å².